The van der Waals surface area contributed by atoms with Gasteiger partial charge in [0.1, 0.15) is 5.75 Å². The van der Waals surface area contributed by atoms with E-state index in [9.17, 15) is 0 Å². The van der Waals surface area contributed by atoms with Crippen LogP contribution < -0.4 is 10.1 Å². The molecule has 0 spiro atoms. The zero-order valence-electron chi connectivity index (χ0n) is 13.6. The molecule has 0 fully saturated rings. The van der Waals surface area contributed by atoms with Crippen LogP contribution in [0.3, 0.4) is 0 Å². The molecule has 0 radical (unpaired) electrons. The fourth-order valence-electron chi connectivity index (χ4n) is 2.82. The van der Waals surface area contributed by atoms with Crippen LogP contribution in [-0.4, -0.2) is 13.2 Å². The van der Waals surface area contributed by atoms with Gasteiger partial charge in [-0.3, -0.25) is 0 Å². The summed E-state index contributed by atoms with van der Waals surface area (Å²) in [5, 5.41) is 6.20. The Kier molecular flexibility index (Phi) is 5.63. The predicted molar refractivity (Wildman–Crippen MR) is 90.9 cm³/mol. The van der Waals surface area contributed by atoms with E-state index >= 15 is 0 Å². The quantitative estimate of drug-likeness (QED) is 0.791. The van der Waals surface area contributed by atoms with Gasteiger partial charge in [-0.1, -0.05) is 50.6 Å². The number of benzene rings is 2. The highest BCUT2D eigenvalue weighted by Gasteiger charge is 2.11. The highest BCUT2D eigenvalue weighted by molar-refractivity contribution is 5.87. The summed E-state index contributed by atoms with van der Waals surface area (Å²) in [5.74, 6) is 1.74. The van der Waals surface area contributed by atoms with Crippen molar-refractivity contribution in [3.05, 3.63) is 42.0 Å². The first-order valence-corrected chi connectivity index (χ1v) is 7.93. The summed E-state index contributed by atoms with van der Waals surface area (Å²) in [6, 6.07) is 13.2. The minimum Gasteiger partial charge on any atom is -0.496 e. The summed E-state index contributed by atoms with van der Waals surface area (Å²) in [6.45, 7) is 7.69. The molecule has 0 aromatic heterocycles. The van der Waals surface area contributed by atoms with Gasteiger partial charge >= 0.3 is 0 Å². The highest BCUT2D eigenvalue weighted by Crippen LogP contribution is 2.28. The molecule has 2 heteroatoms. The van der Waals surface area contributed by atoms with E-state index in [-0.39, 0.29) is 0 Å². The molecule has 0 saturated carbocycles. The summed E-state index contributed by atoms with van der Waals surface area (Å²) in [6.07, 6.45) is 2.45. The maximum Gasteiger partial charge on any atom is 0.123 e. The van der Waals surface area contributed by atoms with Gasteiger partial charge < -0.3 is 10.1 Å². The molecule has 1 N–H and O–H groups in total. The SMILES string of the molecule is CCC(C)CC(C)NCc1c(OC)ccc2ccccc12. The molecule has 2 unspecified atom stereocenters. The standard InChI is InChI=1S/C19H27NO/c1-5-14(2)12-15(3)20-13-18-17-9-7-6-8-16(17)10-11-19(18)21-4/h6-11,14-15,20H,5,12-13H2,1-4H3. The molecule has 0 aliphatic heterocycles. The van der Waals surface area contributed by atoms with Gasteiger partial charge in [0.15, 0.2) is 0 Å². The molecule has 2 aromatic carbocycles. The van der Waals surface area contributed by atoms with E-state index in [2.05, 4.69) is 62.5 Å². The Balaban J connectivity index is 2.16. The van der Waals surface area contributed by atoms with Gasteiger partial charge in [0.2, 0.25) is 0 Å². The second-order valence-corrected chi connectivity index (χ2v) is 6.00. The molecule has 2 rings (SSSR count). The first-order chi connectivity index (χ1) is 10.2. The second-order valence-electron chi connectivity index (χ2n) is 6.00. The second kappa shape index (κ2) is 7.46. The van der Waals surface area contributed by atoms with Crippen LogP contribution in [0.1, 0.15) is 39.2 Å². The molecule has 114 valence electrons. The van der Waals surface area contributed by atoms with E-state index in [0.717, 1.165) is 18.2 Å². The molecule has 2 atom stereocenters. The average Bonchev–Trinajstić information content (AvgIpc) is 2.52. The topological polar surface area (TPSA) is 21.3 Å². The van der Waals surface area contributed by atoms with Crippen LogP contribution in [0.2, 0.25) is 0 Å². The number of nitrogens with one attached hydrogen (secondary N) is 1. The lowest BCUT2D eigenvalue weighted by Gasteiger charge is -2.19. The zero-order chi connectivity index (χ0) is 15.2. The van der Waals surface area contributed by atoms with Crippen molar-refractivity contribution in [3.63, 3.8) is 0 Å². The van der Waals surface area contributed by atoms with E-state index in [1.165, 1.54) is 29.2 Å². The van der Waals surface area contributed by atoms with E-state index in [1.807, 2.05) is 0 Å². The van der Waals surface area contributed by atoms with Crippen molar-refractivity contribution in [1.82, 2.24) is 5.32 Å². The number of hydrogen-bond donors (Lipinski definition) is 1. The van der Waals surface area contributed by atoms with Crippen LogP contribution >= 0.6 is 0 Å². The Morgan fingerprint density at radius 3 is 2.57 bits per heavy atom. The number of methoxy groups -OCH3 is 1. The lowest BCUT2D eigenvalue weighted by Crippen LogP contribution is -2.27. The third kappa shape index (κ3) is 3.98. The van der Waals surface area contributed by atoms with E-state index in [1.54, 1.807) is 7.11 Å². The Labute approximate surface area is 128 Å². The Morgan fingerprint density at radius 1 is 1.10 bits per heavy atom. The van der Waals surface area contributed by atoms with E-state index in [0.29, 0.717) is 6.04 Å². The molecule has 0 saturated heterocycles. The van der Waals surface area contributed by atoms with Crippen molar-refractivity contribution in [2.75, 3.05) is 7.11 Å². The number of hydrogen-bond acceptors (Lipinski definition) is 2. The molecule has 0 heterocycles. The maximum absolute atomic E-state index is 5.55. The normalized spacial score (nSPS) is 14.1. The molecule has 2 nitrogen and oxygen atoms in total. The lowest BCUT2D eigenvalue weighted by molar-refractivity contribution is 0.394. The van der Waals surface area contributed by atoms with E-state index in [4.69, 9.17) is 4.74 Å². The molecular formula is C19H27NO. The van der Waals surface area contributed by atoms with Crippen molar-refractivity contribution in [2.45, 2.75) is 46.2 Å². The van der Waals surface area contributed by atoms with Crippen molar-refractivity contribution in [1.29, 1.82) is 0 Å². The van der Waals surface area contributed by atoms with Crippen LogP contribution in [0.15, 0.2) is 36.4 Å². The van der Waals surface area contributed by atoms with Crippen molar-refractivity contribution in [2.24, 2.45) is 5.92 Å². The summed E-state index contributed by atoms with van der Waals surface area (Å²) >= 11 is 0. The van der Waals surface area contributed by atoms with Gasteiger partial charge in [0.25, 0.3) is 0 Å². The first-order valence-electron chi connectivity index (χ1n) is 7.93. The molecule has 2 aromatic rings. The molecule has 0 aliphatic carbocycles. The molecule has 0 bridgehead atoms. The number of rotatable bonds is 7. The summed E-state index contributed by atoms with van der Waals surface area (Å²) < 4.78 is 5.55. The summed E-state index contributed by atoms with van der Waals surface area (Å²) in [5.41, 5.74) is 1.26. The summed E-state index contributed by atoms with van der Waals surface area (Å²) in [7, 11) is 1.75. The number of ether oxygens (including phenoxy) is 1. The van der Waals surface area contributed by atoms with Crippen LogP contribution in [0.4, 0.5) is 0 Å². The fourth-order valence-corrected chi connectivity index (χ4v) is 2.82. The number of fused-ring (bicyclic) bond motifs is 1. The minimum absolute atomic E-state index is 0.517. The molecule has 0 aliphatic rings. The highest BCUT2D eigenvalue weighted by atomic mass is 16.5. The molecular weight excluding hydrogens is 258 g/mol. The maximum atomic E-state index is 5.55. The van der Waals surface area contributed by atoms with Crippen LogP contribution in [-0.2, 0) is 6.54 Å². The van der Waals surface area contributed by atoms with Crippen molar-refractivity contribution in [3.8, 4) is 5.75 Å². The van der Waals surface area contributed by atoms with E-state index < -0.39 is 0 Å². The minimum atomic E-state index is 0.517. The summed E-state index contributed by atoms with van der Waals surface area (Å²) in [4.78, 5) is 0. The first kappa shape index (κ1) is 15.8. The van der Waals surface area contributed by atoms with Crippen molar-refractivity contribution < 1.29 is 4.74 Å². The van der Waals surface area contributed by atoms with Gasteiger partial charge in [0.05, 0.1) is 7.11 Å². The van der Waals surface area contributed by atoms with Gasteiger partial charge in [-0.25, -0.2) is 0 Å². The lowest BCUT2D eigenvalue weighted by atomic mass is 9.99. The molecule has 21 heavy (non-hydrogen) atoms. The smallest absolute Gasteiger partial charge is 0.123 e. The van der Waals surface area contributed by atoms with Gasteiger partial charge in [-0.05, 0) is 36.1 Å². The monoisotopic (exact) mass is 285 g/mol. The third-order valence-electron chi connectivity index (χ3n) is 4.30. The Hall–Kier alpha value is -1.54. The third-order valence-corrected chi connectivity index (χ3v) is 4.30. The van der Waals surface area contributed by atoms with Crippen LogP contribution in [0, 0.1) is 5.92 Å². The van der Waals surface area contributed by atoms with Gasteiger partial charge in [0, 0.05) is 18.2 Å². The average molecular weight is 285 g/mol. The van der Waals surface area contributed by atoms with Crippen molar-refractivity contribution >= 4 is 10.8 Å². The Bertz CT molecular complexity index is 579. The fraction of sp³-hybridized carbons (Fsp3) is 0.474. The van der Waals surface area contributed by atoms with Crippen LogP contribution in [0.5, 0.6) is 5.75 Å². The van der Waals surface area contributed by atoms with Crippen LogP contribution in [0.25, 0.3) is 10.8 Å². The molecule has 0 amide bonds. The van der Waals surface area contributed by atoms with Gasteiger partial charge in [-0.2, -0.15) is 0 Å². The Morgan fingerprint density at radius 2 is 1.86 bits per heavy atom. The largest absolute Gasteiger partial charge is 0.496 e. The zero-order valence-corrected chi connectivity index (χ0v) is 13.6. The predicted octanol–water partition coefficient (Wildman–Crippen LogP) is 4.76. The van der Waals surface area contributed by atoms with Gasteiger partial charge in [-0.15, -0.1) is 0 Å².